The molecule has 0 spiro atoms. The maximum absolute atomic E-state index is 15.5. The van der Waals surface area contributed by atoms with E-state index in [2.05, 4.69) is 5.32 Å². The number of hydrogen-bond donors (Lipinski definition) is 4. The number of fused-ring (bicyclic) bond motifs is 5. The summed E-state index contributed by atoms with van der Waals surface area (Å²) in [4.78, 5) is 83.7. The normalized spacial score (nSPS) is 31.6. The van der Waals surface area contributed by atoms with Crippen LogP contribution < -0.4 is 5.32 Å². The van der Waals surface area contributed by atoms with E-state index in [9.17, 15) is 39.3 Å². The average molecular weight is 868 g/mol. The molecule has 15 heteroatoms. The van der Waals surface area contributed by atoms with Crippen molar-refractivity contribution in [3.8, 4) is 0 Å². The summed E-state index contributed by atoms with van der Waals surface area (Å²) in [6.45, 7) is 9.84. The van der Waals surface area contributed by atoms with Crippen molar-refractivity contribution in [3.05, 3.63) is 118 Å². The Kier molecular flexibility index (Phi) is 12.0. The van der Waals surface area contributed by atoms with Crippen LogP contribution in [0.1, 0.15) is 92.3 Å². The van der Waals surface area contributed by atoms with Gasteiger partial charge in [-0.3, -0.25) is 19.2 Å². The molecule has 1 aliphatic heterocycles. The largest absolute Gasteiger partial charge is 0.456 e. The summed E-state index contributed by atoms with van der Waals surface area (Å²) >= 11 is 0. The molecule has 3 fully saturated rings. The number of Topliss-reactive ketones (excluding diaryl/α,β-unsaturated/α-hetero) is 1. The first-order chi connectivity index (χ1) is 29.7. The number of aryl methyl sites for hydroxylation is 1. The Labute approximate surface area is 364 Å². The van der Waals surface area contributed by atoms with Crippen molar-refractivity contribution in [2.24, 2.45) is 16.7 Å². The standard InChI is InChI=1S/C48H53NO14/c1-25-18-20-30(21-19-25)42(55)49-36(29-14-10-8-11-15-29)37(53)44(57)61-32-23-48(58)41(62-43(56)31-16-12-9-13-17-31)39-46(7,33(52)22-34-47(39,24-59-34)63-28(4)51)40(54)38(60-27(3)50)35(26(32)2)45(48,5)6/h8-21,32-34,36-39,41,52-53,58H,22-24H2,1-7H3,(H,49,55)/t32-,33-,34+,36-,37+,38+,39?,41-,46+,47-,48+/m0/s1. The highest BCUT2D eigenvalue weighted by atomic mass is 16.6. The topological polar surface area (TPSA) is 221 Å². The number of carbonyl (C=O) groups is 6. The monoisotopic (exact) mass is 867 g/mol. The molecule has 334 valence electrons. The van der Waals surface area contributed by atoms with Crippen LogP contribution >= 0.6 is 0 Å². The van der Waals surface area contributed by atoms with Gasteiger partial charge < -0.3 is 44.3 Å². The van der Waals surface area contributed by atoms with Crippen molar-refractivity contribution >= 4 is 35.6 Å². The Morgan fingerprint density at radius 2 is 1.44 bits per heavy atom. The lowest BCUT2D eigenvalue weighted by Crippen LogP contribution is -2.82. The molecule has 2 saturated carbocycles. The average Bonchev–Trinajstić information content (AvgIpc) is 3.24. The summed E-state index contributed by atoms with van der Waals surface area (Å²) in [5.41, 5.74) is -6.10. The van der Waals surface area contributed by atoms with Gasteiger partial charge in [0.25, 0.3) is 5.91 Å². The van der Waals surface area contributed by atoms with E-state index in [0.717, 1.165) is 19.4 Å². The number of ketones is 1. The molecule has 11 atom stereocenters. The third-order valence-electron chi connectivity index (χ3n) is 13.8. The lowest BCUT2D eigenvalue weighted by Gasteiger charge is -2.67. The highest BCUT2D eigenvalue weighted by molar-refractivity contribution is 5.96. The number of aliphatic hydroxyl groups is 3. The molecule has 4 aliphatic rings. The summed E-state index contributed by atoms with van der Waals surface area (Å²) in [7, 11) is 0. The van der Waals surface area contributed by atoms with Crippen LogP contribution in [0.4, 0.5) is 0 Å². The first kappa shape index (κ1) is 45.3. The SMILES string of the molecule is CC(=O)O[C@H]1C(=O)[C@@]2(C)C([C@H](OC(=O)c3ccccc3)[C@]3(O)C[C@H](OC(=O)[C@H](O)[C@@H](NC(=O)c4ccc(C)cc4)c4ccccc4)C(C)=C1C3(C)C)[C@]1(OC(C)=O)CO[C@@H]1C[C@@H]2O. The van der Waals surface area contributed by atoms with E-state index in [1.165, 1.54) is 26.0 Å². The summed E-state index contributed by atoms with van der Waals surface area (Å²) in [5.74, 6) is -6.84. The van der Waals surface area contributed by atoms with Gasteiger partial charge in [0.2, 0.25) is 0 Å². The van der Waals surface area contributed by atoms with Crippen LogP contribution in [-0.2, 0) is 42.9 Å². The maximum atomic E-state index is 15.5. The molecule has 0 radical (unpaired) electrons. The van der Waals surface area contributed by atoms with Crippen LogP contribution in [0.2, 0.25) is 0 Å². The van der Waals surface area contributed by atoms with Crippen molar-refractivity contribution in [1.29, 1.82) is 0 Å². The van der Waals surface area contributed by atoms with Gasteiger partial charge in [0.15, 0.2) is 23.6 Å². The van der Waals surface area contributed by atoms with Crippen molar-refractivity contribution < 1.29 is 67.8 Å². The summed E-state index contributed by atoms with van der Waals surface area (Å²) in [5, 5.41) is 40.3. The zero-order valence-corrected chi connectivity index (χ0v) is 36.2. The Hall–Kier alpha value is -5.74. The molecule has 3 aromatic rings. The van der Waals surface area contributed by atoms with Crippen LogP contribution in [0.5, 0.6) is 0 Å². The molecule has 3 aliphatic carbocycles. The third-order valence-corrected chi connectivity index (χ3v) is 13.8. The fourth-order valence-electron chi connectivity index (χ4n) is 10.3. The highest BCUT2D eigenvalue weighted by Crippen LogP contribution is 2.64. The van der Waals surface area contributed by atoms with Crippen LogP contribution in [0, 0.1) is 23.7 Å². The van der Waals surface area contributed by atoms with E-state index >= 15 is 4.79 Å². The summed E-state index contributed by atoms with van der Waals surface area (Å²) in [6.07, 6.45) is -10.5. The van der Waals surface area contributed by atoms with Gasteiger partial charge in [0, 0.05) is 37.7 Å². The fourth-order valence-corrected chi connectivity index (χ4v) is 10.3. The first-order valence-corrected chi connectivity index (χ1v) is 20.9. The van der Waals surface area contributed by atoms with Gasteiger partial charge in [-0.2, -0.15) is 0 Å². The molecule has 7 rings (SSSR count). The van der Waals surface area contributed by atoms with Crippen molar-refractivity contribution in [1.82, 2.24) is 5.32 Å². The minimum Gasteiger partial charge on any atom is -0.456 e. The smallest absolute Gasteiger partial charge is 0.338 e. The molecular weight excluding hydrogens is 815 g/mol. The molecule has 1 saturated heterocycles. The van der Waals surface area contributed by atoms with E-state index in [4.69, 9.17) is 23.7 Å². The number of esters is 4. The van der Waals surface area contributed by atoms with Gasteiger partial charge in [0.1, 0.15) is 23.9 Å². The second-order valence-corrected chi connectivity index (χ2v) is 17.9. The molecule has 4 N–H and O–H groups in total. The van der Waals surface area contributed by atoms with Crippen molar-refractivity contribution in [3.63, 3.8) is 0 Å². The zero-order valence-electron chi connectivity index (χ0n) is 36.2. The van der Waals surface area contributed by atoms with Crippen LogP contribution in [-0.4, -0.2) is 105 Å². The molecule has 2 bridgehead atoms. The quantitative estimate of drug-likeness (QED) is 0.128. The molecule has 0 aromatic heterocycles. The molecule has 63 heavy (non-hydrogen) atoms. The minimum atomic E-state index is -2.39. The Morgan fingerprint density at radius 3 is 2.02 bits per heavy atom. The Morgan fingerprint density at radius 1 is 0.825 bits per heavy atom. The number of rotatable bonds is 10. The van der Waals surface area contributed by atoms with E-state index in [1.807, 2.05) is 6.92 Å². The molecular formula is C48H53NO14. The lowest BCUT2D eigenvalue weighted by atomic mass is 9.44. The summed E-state index contributed by atoms with van der Waals surface area (Å²) in [6, 6.07) is 21.5. The zero-order chi connectivity index (χ0) is 45.8. The molecule has 1 amide bonds. The second kappa shape index (κ2) is 16.8. The number of ether oxygens (including phenoxy) is 5. The van der Waals surface area contributed by atoms with Gasteiger partial charge in [-0.05, 0) is 61.7 Å². The molecule has 1 unspecified atom stereocenters. The molecule has 3 aromatic carbocycles. The lowest BCUT2D eigenvalue weighted by molar-refractivity contribution is -0.346. The number of nitrogens with one attached hydrogen (secondary N) is 1. The Balaban J connectivity index is 1.38. The molecule has 15 nitrogen and oxygen atoms in total. The van der Waals surface area contributed by atoms with Gasteiger partial charge in [-0.15, -0.1) is 0 Å². The highest BCUT2D eigenvalue weighted by Gasteiger charge is 2.78. The van der Waals surface area contributed by atoms with Crippen LogP contribution in [0.15, 0.2) is 96.1 Å². The van der Waals surface area contributed by atoms with Crippen LogP contribution in [0.3, 0.4) is 0 Å². The summed E-state index contributed by atoms with van der Waals surface area (Å²) < 4.78 is 30.3. The number of benzene rings is 3. The number of hydrogen-bond acceptors (Lipinski definition) is 14. The van der Waals surface area contributed by atoms with Gasteiger partial charge in [-0.1, -0.05) is 80.1 Å². The first-order valence-electron chi connectivity index (χ1n) is 20.9. The Bertz CT molecular complexity index is 2330. The van der Waals surface area contributed by atoms with E-state index < -0.39 is 113 Å². The maximum Gasteiger partial charge on any atom is 0.338 e. The van der Waals surface area contributed by atoms with Gasteiger partial charge >= 0.3 is 23.9 Å². The fraction of sp³-hybridized carbons (Fsp3) is 0.458. The van der Waals surface area contributed by atoms with Crippen molar-refractivity contribution in [2.75, 3.05) is 6.61 Å². The van der Waals surface area contributed by atoms with Gasteiger partial charge in [-0.25, -0.2) is 9.59 Å². The predicted octanol–water partition coefficient (Wildman–Crippen LogP) is 4.04. The van der Waals surface area contributed by atoms with E-state index in [1.54, 1.807) is 86.6 Å². The predicted molar refractivity (Wildman–Crippen MR) is 222 cm³/mol. The second-order valence-electron chi connectivity index (χ2n) is 17.9. The molecule has 1 heterocycles. The number of amides is 1. The number of carbonyl (C=O) groups excluding carboxylic acids is 6. The van der Waals surface area contributed by atoms with E-state index in [-0.39, 0.29) is 35.3 Å². The van der Waals surface area contributed by atoms with E-state index in [0.29, 0.717) is 5.56 Å². The third kappa shape index (κ3) is 7.64. The van der Waals surface area contributed by atoms with Crippen molar-refractivity contribution in [2.45, 2.75) is 115 Å². The van der Waals surface area contributed by atoms with Crippen LogP contribution in [0.25, 0.3) is 0 Å². The van der Waals surface area contributed by atoms with Gasteiger partial charge in [0.05, 0.1) is 35.6 Å². The number of aliphatic hydroxyl groups excluding tert-OH is 2. The minimum absolute atomic E-state index is 0.00261.